The lowest BCUT2D eigenvalue weighted by Crippen LogP contribution is -2.34. The van der Waals surface area contributed by atoms with E-state index < -0.39 is 5.60 Å². The fraction of sp³-hybridized carbons (Fsp3) is 0.500. The van der Waals surface area contributed by atoms with Gasteiger partial charge >= 0.3 is 0 Å². The van der Waals surface area contributed by atoms with Crippen molar-refractivity contribution in [2.45, 2.75) is 45.6 Å². The van der Waals surface area contributed by atoms with Crippen LogP contribution in [-0.4, -0.2) is 16.5 Å². The van der Waals surface area contributed by atoms with Crippen LogP contribution in [0.5, 0.6) is 0 Å². The molecule has 0 saturated heterocycles. The number of aliphatic hydroxyl groups is 1. The van der Waals surface area contributed by atoms with Crippen molar-refractivity contribution < 1.29 is 9.90 Å². The van der Waals surface area contributed by atoms with E-state index in [9.17, 15) is 9.90 Å². The SMILES string of the molecule is CCC(C)(O)C(=O)c1ccc(C(C)C)cc1. The molecule has 0 aliphatic rings. The molecule has 0 amide bonds. The van der Waals surface area contributed by atoms with Crippen LogP contribution in [0.3, 0.4) is 0 Å². The Labute approximate surface area is 97.3 Å². The first-order chi connectivity index (χ1) is 7.38. The lowest BCUT2D eigenvalue weighted by molar-refractivity contribution is 0.0390. The Kier molecular flexibility index (Phi) is 3.87. The van der Waals surface area contributed by atoms with Gasteiger partial charge in [0.25, 0.3) is 0 Å². The van der Waals surface area contributed by atoms with E-state index in [1.165, 1.54) is 5.56 Å². The van der Waals surface area contributed by atoms with E-state index in [4.69, 9.17) is 0 Å². The number of rotatable bonds is 4. The molecule has 0 heterocycles. The van der Waals surface area contributed by atoms with E-state index in [0.29, 0.717) is 17.9 Å². The van der Waals surface area contributed by atoms with Gasteiger partial charge in [0.1, 0.15) is 5.60 Å². The maximum Gasteiger partial charge on any atom is 0.194 e. The van der Waals surface area contributed by atoms with Gasteiger partial charge in [-0.05, 0) is 24.8 Å². The second-order valence-corrected chi connectivity index (χ2v) is 4.73. The molecule has 1 aromatic carbocycles. The molecular formula is C14H20O2. The van der Waals surface area contributed by atoms with E-state index in [1.54, 1.807) is 26.0 Å². The zero-order chi connectivity index (χ0) is 12.3. The molecule has 0 aromatic heterocycles. The fourth-order valence-electron chi connectivity index (χ4n) is 1.49. The highest BCUT2D eigenvalue weighted by Gasteiger charge is 2.28. The van der Waals surface area contributed by atoms with Crippen LogP contribution in [0.25, 0.3) is 0 Å². The summed E-state index contributed by atoms with van der Waals surface area (Å²) in [6.07, 6.45) is 0.428. The molecule has 0 bridgehead atoms. The summed E-state index contributed by atoms with van der Waals surface area (Å²) in [4.78, 5) is 11.9. The first-order valence-corrected chi connectivity index (χ1v) is 5.75. The topological polar surface area (TPSA) is 37.3 Å². The molecule has 0 radical (unpaired) electrons. The first-order valence-electron chi connectivity index (χ1n) is 5.75. The number of carbonyl (C=O) groups excluding carboxylic acids is 1. The van der Waals surface area contributed by atoms with Gasteiger partial charge in [-0.2, -0.15) is 0 Å². The van der Waals surface area contributed by atoms with Crippen molar-refractivity contribution in [2.24, 2.45) is 0 Å². The number of hydrogen-bond acceptors (Lipinski definition) is 2. The highest BCUT2D eigenvalue weighted by molar-refractivity contribution is 6.01. The molecule has 0 aliphatic heterocycles. The minimum Gasteiger partial charge on any atom is -0.382 e. The summed E-state index contributed by atoms with van der Waals surface area (Å²) in [6, 6.07) is 7.48. The summed E-state index contributed by atoms with van der Waals surface area (Å²) in [5.41, 5.74) is 0.531. The standard InChI is InChI=1S/C14H20O2/c1-5-14(4,16)13(15)12-8-6-11(7-9-12)10(2)3/h6-10,16H,5H2,1-4H3. The second kappa shape index (κ2) is 4.79. The molecule has 0 aliphatic carbocycles. The summed E-state index contributed by atoms with van der Waals surface area (Å²) >= 11 is 0. The monoisotopic (exact) mass is 220 g/mol. The number of Topliss-reactive ketones (excluding diaryl/α,β-unsaturated/α-hetero) is 1. The Balaban J connectivity index is 2.94. The van der Waals surface area contributed by atoms with Crippen LogP contribution < -0.4 is 0 Å². The highest BCUT2D eigenvalue weighted by Crippen LogP contribution is 2.19. The van der Waals surface area contributed by atoms with Gasteiger partial charge in [-0.1, -0.05) is 45.0 Å². The summed E-state index contributed by atoms with van der Waals surface area (Å²) in [6.45, 7) is 7.59. The third-order valence-corrected chi connectivity index (χ3v) is 3.02. The van der Waals surface area contributed by atoms with Crippen LogP contribution in [0.4, 0.5) is 0 Å². The minimum atomic E-state index is -1.25. The average molecular weight is 220 g/mol. The summed E-state index contributed by atoms with van der Waals surface area (Å²) in [7, 11) is 0. The molecule has 88 valence electrons. The molecule has 0 spiro atoms. The quantitative estimate of drug-likeness (QED) is 0.791. The fourth-order valence-corrected chi connectivity index (χ4v) is 1.49. The highest BCUT2D eigenvalue weighted by atomic mass is 16.3. The zero-order valence-electron chi connectivity index (χ0n) is 10.4. The van der Waals surface area contributed by atoms with Gasteiger partial charge in [-0.3, -0.25) is 4.79 Å². The van der Waals surface area contributed by atoms with Crippen molar-refractivity contribution in [2.75, 3.05) is 0 Å². The van der Waals surface area contributed by atoms with Crippen LogP contribution in [0.2, 0.25) is 0 Å². The Hall–Kier alpha value is -1.15. The average Bonchev–Trinajstić information content (AvgIpc) is 2.28. The van der Waals surface area contributed by atoms with Gasteiger partial charge < -0.3 is 5.11 Å². The molecule has 1 aromatic rings. The molecule has 16 heavy (non-hydrogen) atoms. The smallest absolute Gasteiger partial charge is 0.194 e. The Morgan fingerprint density at radius 1 is 1.31 bits per heavy atom. The molecule has 1 rings (SSSR count). The van der Waals surface area contributed by atoms with Crippen molar-refractivity contribution in [1.82, 2.24) is 0 Å². The molecular weight excluding hydrogens is 200 g/mol. The van der Waals surface area contributed by atoms with Gasteiger partial charge in [0, 0.05) is 5.56 Å². The maximum absolute atomic E-state index is 11.9. The third kappa shape index (κ3) is 2.70. The molecule has 1 N–H and O–H groups in total. The predicted molar refractivity (Wildman–Crippen MR) is 65.8 cm³/mol. The van der Waals surface area contributed by atoms with E-state index >= 15 is 0 Å². The summed E-state index contributed by atoms with van der Waals surface area (Å²) in [5.74, 6) is 0.251. The predicted octanol–water partition coefficient (Wildman–Crippen LogP) is 3.15. The van der Waals surface area contributed by atoms with Crippen molar-refractivity contribution in [3.05, 3.63) is 35.4 Å². The molecule has 1 atom stereocenters. The lowest BCUT2D eigenvalue weighted by Gasteiger charge is -2.19. The zero-order valence-corrected chi connectivity index (χ0v) is 10.4. The van der Waals surface area contributed by atoms with Crippen LogP contribution in [0, 0.1) is 0 Å². The normalized spacial score (nSPS) is 14.9. The van der Waals surface area contributed by atoms with Gasteiger partial charge in [-0.15, -0.1) is 0 Å². The van der Waals surface area contributed by atoms with Gasteiger partial charge in [-0.25, -0.2) is 0 Å². The Morgan fingerprint density at radius 3 is 2.19 bits per heavy atom. The second-order valence-electron chi connectivity index (χ2n) is 4.73. The van der Waals surface area contributed by atoms with Crippen LogP contribution in [0.15, 0.2) is 24.3 Å². The Bertz CT molecular complexity index is 361. The van der Waals surface area contributed by atoms with E-state index in [0.717, 1.165) is 0 Å². The maximum atomic E-state index is 11.9. The lowest BCUT2D eigenvalue weighted by atomic mass is 9.91. The van der Waals surface area contributed by atoms with Crippen LogP contribution in [0.1, 0.15) is 56.0 Å². The van der Waals surface area contributed by atoms with Crippen molar-refractivity contribution in [3.8, 4) is 0 Å². The van der Waals surface area contributed by atoms with E-state index in [-0.39, 0.29) is 5.78 Å². The molecule has 1 unspecified atom stereocenters. The molecule has 2 nitrogen and oxygen atoms in total. The molecule has 0 saturated carbocycles. The van der Waals surface area contributed by atoms with E-state index in [1.807, 2.05) is 12.1 Å². The molecule has 0 fully saturated rings. The van der Waals surface area contributed by atoms with Crippen molar-refractivity contribution in [3.63, 3.8) is 0 Å². The minimum absolute atomic E-state index is 0.203. The molecule has 2 heteroatoms. The largest absolute Gasteiger partial charge is 0.382 e. The summed E-state index contributed by atoms with van der Waals surface area (Å²) < 4.78 is 0. The van der Waals surface area contributed by atoms with E-state index in [2.05, 4.69) is 13.8 Å². The number of benzene rings is 1. The Morgan fingerprint density at radius 2 is 1.81 bits per heavy atom. The van der Waals surface area contributed by atoms with Crippen molar-refractivity contribution >= 4 is 5.78 Å². The van der Waals surface area contributed by atoms with Crippen LogP contribution >= 0.6 is 0 Å². The first kappa shape index (κ1) is 12.9. The third-order valence-electron chi connectivity index (χ3n) is 3.02. The van der Waals surface area contributed by atoms with Gasteiger partial charge in [0.05, 0.1) is 0 Å². The van der Waals surface area contributed by atoms with Crippen LogP contribution in [-0.2, 0) is 0 Å². The number of hydrogen-bond donors (Lipinski definition) is 1. The number of carbonyl (C=O) groups is 1. The van der Waals surface area contributed by atoms with Gasteiger partial charge in [0.15, 0.2) is 5.78 Å². The summed E-state index contributed by atoms with van der Waals surface area (Å²) in [5, 5.41) is 9.87. The van der Waals surface area contributed by atoms with Crippen molar-refractivity contribution in [1.29, 1.82) is 0 Å². The number of ketones is 1. The van der Waals surface area contributed by atoms with Gasteiger partial charge in [0.2, 0.25) is 0 Å².